The molecule has 0 saturated heterocycles. The zero-order chi connectivity index (χ0) is 14.6. The molecule has 1 N–H and O–H groups in total. The molecule has 0 saturated carbocycles. The van der Waals surface area contributed by atoms with Crippen molar-refractivity contribution in [2.75, 3.05) is 32.3 Å². The first-order valence-corrected chi connectivity index (χ1v) is 9.23. The summed E-state index contributed by atoms with van der Waals surface area (Å²) in [5, 5.41) is 3.54. The minimum atomic E-state index is 0.257. The Morgan fingerprint density at radius 2 is 1.80 bits per heavy atom. The van der Waals surface area contributed by atoms with Crippen molar-refractivity contribution in [3.05, 3.63) is 17.7 Å². The van der Waals surface area contributed by atoms with Crippen LogP contribution < -0.4 is 14.8 Å². The van der Waals surface area contributed by atoms with Gasteiger partial charge in [0.15, 0.2) is 11.5 Å². The normalized spacial score (nSPS) is 14.4. The lowest BCUT2D eigenvalue weighted by atomic mass is 10.1. The summed E-state index contributed by atoms with van der Waals surface area (Å²) >= 11 is 3.63. The Hall–Kier alpha value is -0.520. The highest BCUT2D eigenvalue weighted by molar-refractivity contribution is 8.00. The molecule has 0 fully saturated rings. The molecule has 3 nitrogen and oxygen atoms in total. The van der Waals surface area contributed by atoms with Crippen LogP contribution in [0.15, 0.2) is 17.0 Å². The predicted molar refractivity (Wildman–Crippen MR) is 88.5 cm³/mol. The van der Waals surface area contributed by atoms with Crippen molar-refractivity contribution in [1.82, 2.24) is 5.32 Å². The molecule has 0 aliphatic carbocycles. The molecule has 1 heterocycles. The van der Waals surface area contributed by atoms with Crippen LogP contribution in [0.3, 0.4) is 0 Å². The zero-order valence-corrected chi connectivity index (χ0v) is 14.2. The lowest BCUT2D eigenvalue weighted by Gasteiger charge is -2.24. The van der Waals surface area contributed by atoms with Gasteiger partial charge < -0.3 is 14.8 Å². The Kier molecular flexibility index (Phi) is 5.52. The molecule has 5 heteroatoms. The van der Waals surface area contributed by atoms with E-state index >= 15 is 0 Å². The van der Waals surface area contributed by atoms with E-state index in [2.05, 4.69) is 43.8 Å². The Morgan fingerprint density at radius 3 is 2.40 bits per heavy atom. The fourth-order valence-corrected chi connectivity index (χ4v) is 2.88. The maximum absolute atomic E-state index is 5.67. The van der Waals surface area contributed by atoms with Crippen molar-refractivity contribution >= 4 is 23.5 Å². The van der Waals surface area contributed by atoms with Crippen molar-refractivity contribution in [1.29, 1.82) is 0 Å². The van der Waals surface area contributed by atoms with E-state index in [1.165, 1.54) is 10.5 Å². The maximum atomic E-state index is 5.67. The number of nitrogens with one attached hydrogen (secondary N) is 1. The van der Waals surface area contributed by atoms with Crippen molar-refractivity contribution in [2.45, 2.75) is 30.0 Å². The molecule has 1 aliphatic rings. The Balaban J connectivity index is 2.06. The van der Waals surface area contributed by atoms with E-state index in [0.29, 0.717) is 13.2 Å². The van der Waals surface area contributed by atoms with Gasteiger partial charge in [-0.15, -0.1) is 11.8 Å². The Labute approximate surface area is 130 Å². The molecular formula is C15H23NO2S2. The monoisotopic (exact) mass is 313 g/mol. The molecule has 1 aromatic rings. The lowest BCUT2D eigenvalue weighted by molar-refractivity contribution is 0.171. The van der Waals surface area contributed by atoms with Gasteiger partial charge in [0.05, 0.1) is 0 Å². The summed E-state index contributed by atoms with van der Waals surface area (Å²) in [7, 11) is 0. The predicted octanol–water partition coefficient (Wildman–Crippen LogP) is 3.41. The van der Waals surface area contributed by atoms with Crippen LogP contribution in [0.5, 0.6) is 11.5 Å². The Morgan fingerprint density at radius 1 is 1.15 bits per heavy atom. The van der Waals surface area contributed by atoms with Crippen molar-refractivity contribution in [3.8, 4) is 11.5 Å². The van der Waals surface area contributed by atoms with Crippen LogP contribution in [0.2, 0.25) is 0 Å². The molecular weight excluding hydrogens is 290 g/mol. The summed E-state index contributed by atoms with van der Waals surface area (Å²) in [4.78, 5) is 1.25. The van der Waals surface area contributed by atoms with Crippen LogP contribution in [0.4, 0.5) is 0 Å². The highest BCUT2D eigenvalue weighted by Crippen LogP contribution is 2.36. The molecule has 20 heavy (non-hydrogen) atoms. The van der Waals surface area contributed by atoms with Gasteiger partial charge in [-0.05, 0) is 44.1 Å². The number of fused-ring (bicyclic) bond motifs is 1. The van der Waals surface area contributed by atoms with Gasteiger partial charge in [-0.25, -0.2) is 0 Å². The van der Waals surface area contributed by atoms with E-state index in [1.807, 2.05) is 11.8 Å². The zero-order valence-electron chi connectivity index (χ0n) is 12.6. The average Bonchev–Trinajstić information content (AvgIpc) is 2.46. The van der Waals surface area contributed by atoms with Gasteiger partial charge in [-0.3, -0.25) is 0 Å². The first-order valence-electron chi connectivity index (χ1n) is 6.78. The smallest absolute Gasteiger partial charge is 0.162 e. The molecule has 0 radical (unpaired) electrons. The van der Waals surface area contributed by atoms with Crippen LogP contribution in [-0.4, -0.2) is 37.0 Å². The second-order valence-corrected chi connectivity index (χ2v) is 7.74. The van der Waals surface area contributed by atoms with Gasteiger partial charge in [0.25, 0.3) is 0 Å². The molecule has 0 amide bonds. The van der Waals surface area contributed by atoms with Gasteiger partial charge in [-0.1, -0.05) is 0 Å². The van der Waals surface area contributed by atoms with Gasteiger partial charge in [0, 0.05) is 22.7 Å². The summed E-state index contributed by atoms with van der Waals surface area (Å²) in [6, 6.07) is 4.20. The van der Waals surface area contributed by atoms with Crippen LogP contribution in [0.1, 0.15) is 19.4 Å². The maximum Gasteiger partial charge on any atom is 0.162 e. The average molecular weight is 313 g/mol. The third-order valence-corrected chi connectivity index (χ3v) is 5.43. The molecule has 2 rings (SSSR count). The van der Waals surface area contributed by atoms with Gasteiger partial charge in [0.2, 0.25) is 0 Å². The van der Waals surface area contributed by atoms with Crippen molar-refractivity contribution in [3.63, 3.8) is 0 Å². The van der Waals surface area contributed by atoms with Crippen LogP contribution in [0, 0.1) is 0 Å². The number of ether oxygens (including phenoxy) is 2. The SMILES string of the molecule is CSc1cc2c(cc1CNCC(C)(C)SC)OCCO2. The van der Waals surface area contributed by atoms with Crippen LogP contribution in [0.25, 0.3) is 0 Å². The summed E-state index contributed by atoms with van der Waals surface area (Å²) < 4.78 is 11.6. The molecule has 1 aliphatic heterocycles. The summed E-state index contributed by atoms with van der Waals surface area (Å²) in [6.07, 6.45) is 4.25. The third-order valence-electron chi connectivity index (χ3n) is 3.36. The number of benzene rings is 1. The van der Waals surface area contributed by atoms with E-state index in [1.54, 1.807) is 11.8 Å². The van der Waals surface area contributed by atoms with Crippen molar-refractivity contribution < 1.29 is 9.47 Å². The molecule has 112 valence electrons. The van der Waals surface area contributed by atoms with Crippen LogP contribution in [-0.2, 0) is 6.54 Å². The molecule has 1 aromatic carbocycles. The summed E-state index contributed by atoms with van der Waals surface area (Å²) in [6.45, 7) is 7.62. The molecule has 0 atom stereocenters. The largest absolute Gasteiger partial charge is 0.486 e. The van der Waals surface area contributed by atoms with E-state index < -0.39 is 0 Å². The highest BCUT2D eigenvalue weighted by Gasteiger charge is 2.17. The molecule has 0 unspecified atom stereocenters. The Bertz CT molecular complexity index is 463. The summed E-state index contributed by atoms with van der Waals surface area (Å²) in [5.41, 5.74) is 1.28. The number of hydrogen-bond acceptors (Lipinski definition) is 5. The third kappa shape index (κ3) is 3.99. The first-order chi connectivity index (χ1) is 9.55. The minimum Gasteiger partial charge on any atom is -0.486 e. The van der Waals surface area contributed by atoms with Gasteiger partial charge in [-0.2, -0.15) is 11.8 Å². The number of thioether (sulfide) groups is 2. The van der Waals surface area contributed by atoms with E-state index in [0.717, 1.165) is 24.6 Å². The fourth-order valence-electron chi connectivity index (χ4n) is 2.01. The van der Waals surface area contributed by atoms with Gasteiger partial charge >= 0.3 is 0 Å². The second kappa shape index (κ2) is 6.96. The molecule has 0 spiro atoms. The van der Waals surface area contributed by atoms with Gasteiger partial charge in [0.1, 0.15) is 13.2 Å². The van der Waals surface area contributed by atoms with Crippen LogP contribution >= 0.6 is 23.5 Å². The first kappa shape index (κ1) is 15.9. The lowest BCUT2D eigenvalue weighted by Crippen LogP contribution is -2.31. The van der Waals surface area contributed by atoms with Crippen molar-refractivity contribution in [2.24, 2.45) is 0 Å². The highest BCUT2D eigenvalue weighted by atomic mass is 32.2. The quantitative estimate of drug-likeness (QED) is 0.813. The summed E-state index contributed by atoms with van der Waals surface area (Å²) in [5.74, 6) is 1.74. The minimum absolute atomic E-state index is 0.257. The van der Waals surface area contributed by atoms with E-state index in [-0.39, 0.29) is 4.75 Å². The fraction of sp³-hybridized carbons (Fsp3) is 0.600. The molecule has 0 aromatic heterocycles. The number of hydrogen-bond donors (Lipinski definition) is 1. The van der Waals surface area contributed by atoms with E-state index in [4.69, 9.17) is 9.47 Å². The standard InChI is InChI=1S/C15H23NO2S2/c1-15(2,20-4)10-16-9-11-7-12-13(8-14(11)19-3)18-6-5-17-12/h7-8,16H,5-6,9-10H2,1-4H3. The molecule has 0 bridgehead atoms. The number of rotatable bonds is 6. The topological polar surface area (TPSA) is 30.5 Å². The van der Waals surface area contributed by atoms with E-state index in [9.17, 15) is 0 Å². The second-order valence-electron chi connectivity index (χ2n) is 5.38.